The summed E-state index contributed by atoms with van der Waals surface area (Å²) in [7, 11) is -1.12. The van der Waals surface area contributed by atoms with Crippen LogP contribution in [0.15, 0.2) is 59.5 Å². The topological polar surface area (TPSA) is 118 Å². The lowest BCUT2D eigenvalue weighted by atomic mass is 10.1. The first-order valence-electron chi connectivity index (χ1n) is 9.21. The zero-order valence-corrected chi connectivity index (χ0v) is 17.4. The fourth-order valence-corrected chi connectivity index (χ4v) is 4.24. The molecule has 0 saturated carbocycles. The van der Waals surface area contributed by atoms with Gasteiger partial charge in [-0.1, -0.05) is 30.3 Å². The zero-order chi connectivity index (χ0) is 21.7. The molecule has 3 rings (SSSR count). The van der Waals surface area contributed by atoms with Gasteiger partial charge in [-0.05, 0) is 31.0 Å². The van der Waals surface area contributed by atoms with Gasteiger partial charge >= 0.3 is 5.69 Å². The van der Waals surface area contributed by atoms with E-state index in [1.54, 1.807) is 0 Å². The molecule has 1 heterocycles. The van der Waals surface area contributed by atoms with Crippen LogP contribution in [-0.2, 0) is 16.4 Å². The van der Waals surface area contributed by atoms with Crippen molar-refractivity contribution in [2.45, 2.75) is 17.7 Å². The van der Waals surface area contributed by atoms with E-state index in [0.29, 0.717) is 12.8 Å². The molecule has 10 heteroatoms. The predicted molar refractivity (Wildman–Crippen MR) is 112 cm³/mol. The molecule has 0 radical (unpaired) electrons. The monoisotopic (exact) mass is 430 g/mol. The van der Waals surface area contributed by atoms with Gasteiger partial charge in [0.2, 0.25) is 10.0 Å². The minimum Gasteiger partial charge on any atom is -0.490 e. The fourth-order valence-electron chi connectivity index (χ4n) is 3.01. The Balaban J connectivity index is 1.64. The molecule has 158 valence electrons. The first-order valence-corrected chi connectivity index (χ1v) is 10.7. The van der Waals surface area contributed by atoms with E-state index in [2.05, 4.69) is 10.2 Å². The standard InChI is InChI=1S/C20H22N4O5S/c1-23(30(27,28)17-10-11-20(29-2)19(14-17)24(25)26)12-6-9-16-13-18(22-21-16)15-7-4-3-5-8-15/h3-5,7-8,10-11,13-14H,6,9,12H2,1-2H3,(H,21,22). The van der Waals surface area contributed by atoms with Crippen LogP contribution in [0.5, 0.6) is 5.75 Å². The maximum atomic E-state index is 12.8. The van der Waals surface area contributed by atoms with Crippen LogP contribution in [0.25, 0.3) is 11.3 Å². The second kappa shape index (κ2) is 9.06. The van der Waals surface area contributed by atoms with Gasteiger partial charge in [0.25, 0.3) is 0 Å². The van der Waals surface area contributed by atoms with E-state index in [1.165, 1.54) is 30.6 Å². The average Bonchev–Trinajstić information content (AvgIpc) is 3.22. The molecule has 0 fully saturated rings. The van der Waals surface area contributed by atoms with Gasteiger partial charge in [0.15, 0.2) is 5.75 Å². The number of hydrogen-bond donors (Lipinski definition) is 1. The van der Waals surface area contributed by atoms with Crippen molar-refractivity contribution in [1.29, 1.82) is 0 Å². The highest BCUT2D eigenvalue weighted by Crippen LogP contribution is 2.30. The molecule has 0 spiro atoms. The van der Waals surface area contributed by atoms with Gasteiger partial charge < -0.3 is 4.74 Å². The Morgan fingerprint density at radius 2 is 1.90 bits per heavy atom. The van der Waals surface area contributed by atoms with Gasteiger partial charge in [0.05, 0.1) is 22.6 Å². The number of sulfonamides is 1. The van der Waals surface area contributed by atoms with E-state index in [0.717, 1.165) is 23.0 Å². The molecule has 0 atom stereocenters. The van der Waals surface area contributed by atoms with Gasteiger partial charge in [-0.25, -0.2) is 12.7 Å². The number of nitrogens with zero attached hydrogens (tertiary/aromatic N) is 3. The smallest absolute Gasteiger partial charge is 0.312 e. The van der Waals surface area contributed by atoms with Crippen LogP contribution in [0.3, 0.4) is 0 Å². The van der Waals surface area contributed by atoms with Gasteiger partial charge in [-0.15, -0.1) is 0 Å². The van der Waals surface area contributed by atoms with Crippen LogP contribution in [0.4, 0.5) is 5.69 Å². The number of aryl methyl sites for hydroxylation is 1. The Morgan fingerprint density at radius 3 is 2.57 bits per heavy atom. The van der Waals surface area contributed by atoms with Crippen LogP contribution >= 0.6 is 0 Å². The Morgan fingerprint density at radius 1 is 1.17 bits per heavy atom. The molecule has 0 bridgehead atoms. The second-order valence-electron chi connectivity index (χ2n) is 6.67. The first-order chi connectivity index (χ1) is 14.3. The van der Waals surface area contributed by atoms with E-state index in [4.69, 9.17) is 4.74 Å². The summed E-state index contributed by atoms with van der Waals surface area (Å²) < 4.78 is 31.7. The molecule has 2 aromatic carbocycles. The Kier molecular flexibility index (Phi) is 6.48. The molecule has 0 aliphatic rings. The molecule has 9 nitrogen and oxygen atoms in total. The van der Waals surface area contributed by atoms with Crippen molar-refractivity contribution < 1.29 is 18.1 Å². The van der Waals surface area contributed by atoms with Crippen molar-refractivity contribution in [3.05, 3.63) is 70.4 Å². The van der Waals surface area contributed by atoms with Crippen LogP contribution in [0, 0.1) is 10.1 Å². The number of nitrogens with one attached hydrogen (secondary N) is 1. The minimum absolute atomic E-state index is 0.00932. The molecule has 0 amide bonds. The molecular weight excluding hydrogens is 408 g/mol. The van der Waals surface area contributed by atoms with Crippen LogP contribution in [0.2, 0.25) is 0 Å². The van der Waals surface area contributed by atoms with Crippen LogP contribution in [-0.4, -0.2) is 48.5 Å². The molecular formula is C20H22N4O5S. The molecule has 3 aromatic rings. The van der Waals surface area contributed by atoms with Crippen molar-refractivity contribution in [1.82, 2.24) is 14.5 Å². The van der Waals surface area contributed by atoms with Crippen LogP contribution < -0.4 is 4.74 Å². The average molecular weight is 430 g/mol. The maximum Gasteiger partial charge on any atom is 0.312 e. The number of methoxy groups -OCH3 is 1. The van der Waals surface area contributed by atoms with E-state index < -0.39 is 20.6 Å². The largest absolute Gasteiger partial charge is 0.490 e. The first kappa shape index (κ1) is 21.5. The van der Waals surface area contributed by atoms with Crippen molar-refractivity contribution in [3.8, 4) is 17.0 Å². The quantitative estimate of drug-likeness (QED) is 0.411. The highest BCUT2D eigenvalue weighted by Gasteiger charge is 2.25. The van der Waals surface area contributed by atoms with E-state index in [1.807, 2.05) is 36.4 Å². The lowest BCUT2D eigenvalue weighted by Crippen LogP contribution is -2.28. The molecule has 30 heavy (non-hydrogen) atoms. The van der Waals surface area contributed by atoms with Crippen molar-refractivity contribution in [3.63, 3.8) is 0 Å². The highest BCUT2D eigenvalue weighted by molar-refractivity contribution is 7.89. The Labute approximate surface area is 174 Å². The molecule has 1 N–H and O–H groups in total. The summed E-state index contributed by atoms with van der Waals surface area (Å²) in [5.41, 5.74) is 2.34. The normalized spacial score (nSPS) is 11.6. The number of aromatic amines is 1. The maximum absolute atomic E-state index is 12.8. The van der Waals surface area contributed by atoms with Crippen molar-refractivity contribution in [2.75, 3.05) is 20.7 Å². The second-order valence-corrected chi connectivity index (χ2v) is 8.71. The van der Waals surface area contributed by atoms with Gasteiger partial charge in [-0.2, -0.15) is 5.10 Å². The predicted octanol–water partition coefficient (Wildman–Crippen LogP) is 3.25. The van der Waals surface area contributed by atoms with E-state index in [-0.39, 0.29) is 17.2 Å². The Hall–Kier alpha value is -3.24. The summed E-state index contributed by atoms with van der Waals surface area (Å²) >= 11 is 0. The Bertz CT molecular complexity index is 1130. The lowest BCUT2D eigenvalue weighted by molar-refractivity contribution is -0.386. The number of nitro benzene ring substituents is 1. The summed E-state index contributed by atoms with van der Waals surface area (Å²) in [6.07, 6.45) is 1.17. The molecule has 0 aliphatic carbocycles. The third-order valence-corrected chi connectivity index (χ3v) is 6.53. The van der Waals surface area contributed by atoms with Crippen LogP contribution in [0.1, 0.15) is 12.1 Å². The molecule has 0 unspecified atom stereocenters. The molecule has 0 aliphatic heterocycles. The number of ether oxygens (including phenoxy) is 1. The third-order valence-electron chi connectivity index (χ3n) is 4.67. The van der Waals surface area contributed by atoms with Crippen molar-refractivity contribution >= 4 is 15.7 Å². The SMILES string of the molecule is COc1ccc(S(=O)(=O)N(C)CCCc2cc(-c3ccccc3)n[nH]2)cc1[N+](=O)[O-]. The van der Waals surface area contributed by atoms with E-state index in [9.17, 15) is 18.5 Å². The number of aromatic nitrogens is 2. The lowest BCUT2D eigenvalue weighted by Gasteiger charge is -2.17. The van der Waals surface area contributed by atoms with Gasteiger partial charge in [0.1, 0.15) is 0 Å². The summed E-state index contributed by atoms with van der Waals surface area (Å²) in [4.78, 5) is 10.4. The fraction of sp³-hybridized carbons (Fsp3) is 0.250. The number of benzene rings is 2. The third kappa shape index (κ3) is 4.66. The molecule has 1 aromatic heterocycles. The van der Waals surface area contributed by atoms with E-state index >= 15 is 0 Å². The van der Waals surface area contributed by atoms with Gasteiger partial charge in [0, 0.05) is 30.9 Å². The van der Waals surface area contributed by atoms with Crippen molar-refractivity contribution in [2.24, 2.45) is 0 Å². The number of rotatable bonds is 9. The number of nitro groups is 1. The highest BCUT2D eigenvalue weighted by atomic mass is 32.2. The summed E-state index contributed by atoms with van der Waals surface area (Å²) in [5, 5.41) is 18.4. The summed E-state index contributed by atoms with van der Waals surface area (Å²) in [6, 6.07) is 15.3. The molecule has 0 saturated heterocycles. The van der Waals surface area contributed by atoms with Gasteiger partial charge in [-0.3, -0.25) is 15.2 Å². The zero-order valence-electron chi connectivity index (χ0n) is 16.6. The number of hydrogen-bond acceptors (Lipinski definition) is 6. The summed E-state index contributed by atoms with van der Waals surface area (Å²) in [5.74, 6) is 0.00932. The summed E-state index contributed by atoms with van der Waals surface area (Å²) in [6.45, 7) is 0.252. The minimum atomic E-state index is -3.86. The number of H-pyrrole nitrogens is 1.